The minimum atomic E-state index is -0.148. The minimum Gasteiger partial charge on any atom is -0.393 e. The molecular formula is C11H17N3O2. The van der Waals surface area contributed by atoms with Gasteiger partial charge in [-0.1, -0.05) is 0 Å². The van der Waals surface area contributed by atoms with E-state index in [0.717, 1.165) is 19.4 Å². The van der Waals surface area contributed by atoms with Crippen LogP contribution in [0, 0.1) is 5.92 Å². The van der Waals surface area contributed by atoms with Crippen molar-refractivity contribution < 1.29 is 5.11 Å². The van der Waals surface area contributed by atoms with Crippen LogP contribution in [-0.2, 0) is 7.05 Å². The molecule has 5 nitrogen and oxygen atoms in total. The van der Waals surface area contributed by atoms with Gasteiger partial charge in [-0.2, -0.15) is 0 Å². The molecule has 0 saturated heterocycles. The first-order valence-electron chi connectivity index (χ1n) is 5.48. The summed E-state index contributed by atoms with van der Waals surface area (Å²) in [6, 6.07) is 0. The highest BCUT2D eigenvalue weighted by Gasteiger charge is 2.28. The first-order chi connectivity index (χ1) is 7.58. The normalized spacial score (nSPS) is 23.9. The van der Waals surface area contributed by atoms with Crippen LogP contribution in [0.15, 0.2) is 17.2 Å². The Morgan fingerprint density at radius 1 is 1.62 bits per heavy atom. The van der Waals surface area contributed by atoms with Crippen LogP contribution in [-0.4, -0.2) is 34.4 Å². The van der Waals surface area contributed by atoms with Crippen LogP contribution in [0.5, 0.6) is 0 Å². The van der Waals surface area contributed by atoms with Gasteiger partial charge in [0.25, 0.3) is 5.56 Å². The summed E-state index contributed by atoms with van der Waals surface area (Å²) in [5.41, 5.74) is -0.0788. The first-order valence-corrected chi connectivity index (χ1v) is 5.48. The molecule has 0 unspecified atom stereocenters. The molecule has 0 radical (unpaired) electrons. The molecule has 1 aliphatic rings. The Morgan fingerprint density at radius 2 is 2.31 bits per heavy atom. The summed E-state index contributed by atoms with van der Waals surface area (Å²) in [5.74, 6) is 0.957. The van der Waals surface area contributed by atoms with Gasteiger partial charge in [0.05, 0.1) is 6.10 Å². The van der Waals surface area contributed by atoms with Gasteiger partial charge in [-0.25, -0.2) is 4.98 Å². The maximum atomic E-state index is 11.8. The fraction of sp³-hybridized carbons (Fsp3) is 0.636. The van der Waals surface area contributed by atoms with E-state index in [4.69, 9.17) is 0 Å². The van der Waals surface area contributed by atoms with Crippen molar-refractivity contribution >= 4 is 5.82 Å². The molecule has 88 valence electrons. The van der Waals surface area contributed by atoms with Gasteiger partial charge in [-0.15, -0.1) is 0 Å². The van der Waals surface area contributed by atoms with E-state index >= 15 is 0 Å². The van der Waals surface area contributed by atoms with E-state index in [1.807, 2.05) is 11.9 Å². The van der Waals surface area contributed by atoms with Crippen LogP contribution >= 0.6 is 0 Å². The number of hydrogen-bond donors (Lipinski definition) is 1. The lowest BCUT2D eigenvalue weighted by atomic mass is 9.82. The molecule has 2 rings (SSSR count). The first kappa shape index (κ1) is 11.1. The van der Waals surface area contributed by atoms with Crippen LogP contribution in [0.1, 0.15) is 12.8 Å². The molecule has 1 heterocycles. The highest BCUT2D eigenvalue weighted by molar-refractivity contribution is 5.34. The van der Waals surface area contributed by atoms with E-state index in [-0.39, 0.29) is 11.7 Å². The molecule has 16 heavy (non-hydrogen) atoms. The monoisotopic (exact) mass is 223 g/mol. The van der Waals surface area contributed by atoms with Crippen molar-refractivity contribution in [1.82, 2.24) is 9.55 Å². The van der Waals surface area contributed by atoms with Gasteiger partial charge in [0.2, 0.25) is 0 Å². The third-order valence-electron chi connectivity index (χ3n) is 3.10. The lowest BCUT2D eigenvalue weighted by molar-refractivity contribution is 0.0464. The van der Waals surface area contributed by atoms with E-state index < -0.39 is 0 Å². The van der Waals surface area contributed by atoms with Crippen molar-refractivity contribution in [2.24, 2.45) is 13.0 Å². The third kappa shape index (κ3) is 2.09. The largest absolute Gasteiger partial charge is 0.393 e. The zero-order valence-corrected chi connectivity index (χ0v) is 9.63. The maximum absolute atomic E-state index is 11.8. The summed E-state index contributed by atoms with van der Waals surface area (Å²) in [7, 11) is 3.59. The average Bonchev–Trinajstić information content (AvgIpc) is 2.19. The minimum absolute atomic E-state index is 0.0788. The number of rotatable bonds is 3. The lowest BCUT2D eigenvalue weighted by Gasteiger charge is -2.34. The Morgan fingerprint density at radius 3 is 2.94 bits per heavy atom. The summed E-state index contributed by atoms with van der Waals surface area (Å²) in [5, 5.41) is 9.20. The Balaban J connectivity index is 2.06. The van der Waals surface area contributed by atoms with Crippen molar-refractivity contribution in [3.63, 3.8) is 0 Å². The Labute approximate surface area is 94.3 Å². The zero-order valence-electron chi connectivity index (χ0n) is 9.63. The number of aliphatic hydroxyl groups is 1. The Kier molecular flexibility index (Phi) is 2.96. The van der Waals surface area contributed by atoms with Gasteiger partial charge in [-0.05, 0) is 18.8 Å². The number of hydrogen-bond acceptors (Lipinski definition) is 4. The lowest BCUT2D eigenvalue weighted by Crippen LogP contribution is -2.39. The third-order valence-corrected chi connectivity index (χ3v) is 3.10. The van der Waals surface area contributed by atoms with E-state index in [0.29, 0.717) is 11.7 Å². The summed E-state index contributed by atoms with van der Waals surface area (Å²) < 4.78 is 1.52. The molecule has 1 aromatic heterocycles. The number of aryl methyl sites for hydroxylation is 1. The van der Waals surface area contributed by atoms with Crippen LogP contribution in [0.4, 0.5) is 5.82 Å². The maximum Gasteiger partial charge on any atom is 0.293 e. The summed E-state index contributed by atoms with van der Waals surface area (Å²) in [6.07, 6.45) is 4.79. The average molecular weight is 223 g/mol. The summed E-state index contributed by atoms with van der Waals surface area (Å²) in [4.78, 5) is 17.7. The molecule has 0 atom stereocenters. The number of anilines is 1. The Bertz CT molecular complexity index is 423. The van der Waals surface area contributed by atoms with Gasteiger partial charge < -0.3 is 14.6 Å². The van der Waals surface area contributed by atoms with Crippen molar-refractivity contribution in [3.8, 4) is 0 Å². The van der Waals surface area contributed by atoms with Crippen molar-refractivity contribution in [2.45, 2.75) is 18.9 Å². The van der Waals surface area contributed by atoms with Crippen LogP contribution in [0.3, 0.4) is 0 Å². The van der Waals surface area contributed by atoms with Crippen LogP contribution in [0.25, 0.3) is 0 Å². The van der Waals surface area contributed by atoms with Crippen molar-refractivity contribution in [1.29, 1.82) is 0 Å². The molecule has 1 fully saturated rings. The smallest absolute Gasteiger partial charge is 0.293 e. The van der Waals surface area contributed by atoms with E-state index in [2.05, 4.69) is 4.98 Å². The molecule has 5 heteroatoms. The standard InChI is InChI=1S/C11H17N3O2/c1-13-4-3-12-10(11(13)16)14(2)7-8-5-9(15)6-8/h3-4,8-9,15H,5-7H2,1-2H3. The Hall–Kier alpha value is -1.36. The van der Waals surface area contributed by atoms with Gasteiger partial charge in [0.15, 0.2) is 5.82 Å². The van der Waals surface area contributed by atoms with Crippen molar-refractivity contribution in [3.05, 3.63) is 22.7 Å². The molecule has 1 aliphatic carbocycles. The molecule has 1 N–H and O–H groups in total. The van der Waals surface area contributed by atoms with E-state index in [1.54, 1.807) is 19.4 Å². The van der Waals surface area contributed by atoms with E-state index in [9.17, 15) is 9.90 Å². The molecule has 1 aromatic rings. The molecule has 0 aliphatic heterocycles. The highest BCUT2D eigenvalue weighted by Crippen LogP contribution is 2.27. The second-order valence-electron chi connectivity index (χ2n) is 4.54. The predicted octanol–water partition coefficient (Wildman–Crippen LogP) is -0.0126. The number of aliphatic hydroxyl groups excluding tert-OH is 1. The van der Waals surface area contributed by atoms with Crippen LogP contribution < -0.4 is 10.5 Å². The molecular weight excluding hydrogens is 206 g/mol. The second-order valence-corrected chi connectivity index (χ2v) is 4.54. The fourth-order valence-corrected chi connectivity index (χ4v) is 2.07. The topological polar surface area (TPSA) is 58.4 Å². The van der Waals surface area contributed by atoms with Gasteiger partial charge >= 0.3 is 0 Å². The summed E-state index contributed by atoms with van der Waals surface area (Å²) in [6.45, 7) is 0.781. The number of aromatic nitrogens is 2. The van der Waals surface area contributed by atoms with Crippen molar-refractivity contribution in [2.75, 3.05) is 18.5 Å². The number of nitrogens with zero attached hydrogens (tertiary/aromatic N) is 3. The van der Waals surface area contributed by atoms with Gasteiger partial charge in [-0.3, -0.25) is 4.79 Å². The van der Waals surface area contributed by atoms with Gasteiger partial charge in [0, 0.05) is 33.0 Å². The van der Waals surface area contributed by atoms with Crippen LogP contribution in [0.2, 0.25) is 0 Å². The van der Waals surface area contributed by atoms with E-state index in [1.165, 1.54) is 4.57 Å². The molecule has 0 aromatic carbocycles. The highest BCUT2D eigenvalue weighted by atomic mass is 16.3. The molecule has 0 amide bonds. The fourth-order valence-electron chi connectivity index (χ4n) is 2.07. The van der Waals surface area contributed by atoms with Gasteiger partial charge in [0.1, 0.15) is 0 Å². The second kappa shape index (κ2) is 4.25. The quantitative estimate of drug-likeness (QED) is 0.783. The molecule has 0 spiro atoms. The SMILES string of the molecule is CN(CC1CC(O)C1)c1nccn(C)c1=O. The zero-order chi connectivity index (χ0) is 11.7. The molecule has 1 saturated carbocycles. The predicted molar refractivity (Wildman–Crippen MR) is 61.5 cm³/mol. The molecule has 0 bridgehead atoms. The summed E-state index contributed by atoms with van der Waals surface area (Å²) >= 11 is 0.